The van der Waals surface area contributed by atoms with E-state index in [2.05, 4.69) is 4.98 Å². The molecule has 1 aromatic heterocycles. The van der Waals surface area contributed by atoms with Gasteiger partial charge in [-0.3, -0.25) is 9.78 Å². The van der Waals surface area contributed by atoms with Crippen molar-refractivity contribution in [1.82, 2.24) is 4.98 Å². The van der Waals surface area contributed by atoms with Crippen LogP contribution in [0.5, 0.6) is 0 Å². The van der Waals surface area contributed by atoms with Crippen molar-refractivity contribution in [3.63, 3.8) is 0 Å². The van der Waals surface area contributed by atoms with Crippen LogP contribution in [0.15, 0.2) is 42.7 Å². The molecule has 2 aromatic rings. The summed E-state index contributed by atoms with van der Waals surface area (Å²) in [6, 6.07) is 9.61. The van der Waals surface area contributed by atoms with E-state index in [0.29, 0.717) is 6.42 Å². The summed E-state index contributed by atoms with van der Waals surface area (Å²) in [5.74, 6) is 0.164. The number of Topliss-reactive ketones (excluding diaryl/α,β-unsaturated/α-hetero) is 1. The third kappa shape index (κ3) is 2.59. The number of aromatic nitrogens is 1. The molecule has 0 N–H and O–H groups in total. The van der Waals surface area contributed by atoms with Crippen molar-refractivity contribution in [2.24, 2.45) is 0 Å². The lowest BCUT2D eigenvalue weighted by molar-refractivity contribution is 0.0992. The van der Waals surface area contributed by atoms with Gasteiger partial charge in [-0.15, -0.1) is 0 Å². The highest BCUT2D eigenvalue weighted by Gasteiger charge is 2.10. The lowest BCUT2D eigenvalue weighted by Crippen LogP contribution is -2.06. The molecule has 1 aromatic carbocycles. The second-order valence-corrected chi connectivity index (χ2v) is 4.20. The maximum atomic E-state index is 12.2. The first kappa shape index (κ1) is 11.5. The Morgan fingerprint density at radius 2 is 1.82 bits per heavy atom. The van der Waals surface area contributed by atoms with Crippen LogP contribution in [0.4, 0.5) is 0 Å². The molecular formula is C15H15NO. The Bertz CT molecular complexity index is 532. The predicted molar refractivity (Wildman–Crippen MR) is 68.2 cm³/mol. The minimum Gasteiger partial charge on any atom is -0.294 e. The van der Waals surface area contributed by atoms with Crippen LogP contribution in [0.25, 0.3) is 0 Å². The van der Waals surface area contributed by atoms with Crippen molar-refractivity contribution in [1.29, 1.82) is 0 Å². The first-order valence-electron chi connectivity index (χ1n) is 5.67. The summed E-state index contributed by atoms with van der Waals surface area (Å²) < 4.78 is 0. The number of carbonyl (C=O) groups excluding carboxylic acids is 1. The Morgan fingerprint density at radius 1 is 1.12 bits per heavy atom. The smallest absolute Gasteiger partial charge is 0.167 e. The number of hydrogen-bond donors (Lipinski definition) is 0. The SMILES string of the molecule is Cc1cccc(C(=O)Cc2ccncc2)c1C. The highest BCUT2D eigenvalue weighted by Crippen LogP contribution is 2.15. The summed E-state index contributed by atoms with van der Waals surface area (Å²) in [7, 11) is 0. The second kappa shape index (κ2) is 4.91. The number of aryl methyl sites for hydroxylation is 1. The van der Waals surface area contributed by atoms with E-state index in [1.165, 1.54) is 0 Å². The number of ketones is 1. The van der Waals surface area contributed by atoms with Crippen LogP contribution >= 0.6 is 0 Å². The van der Waals surface area contributed by atoms with Crippen molar-refractivity contribution in [2.45, 2.75) is 20.3 Å². The zero-order chi connectivity index (χ0) is 12.3. The van der Waals surface area contributed by atoms with Gasteiger partial charge < -0.3 is 0 Å². The normalized spacial score (nSPS) is 10.2. The maximum Gasteiger partial charge on any atom is 0.167 e. The Kier molecular flexibility index (Phi) is 3.33. The molecule has 0 spiro atoms. The topological polar surface area (TPSA) is 30.0 Å². The fourth-order valence-corrected chi connectivity index (χ4v) is 1.83. The van der Waals surface area contributed by atoms with Gasteiger partial charge >= 0.3 is 0 Å². The molecule has 0 aliphatic heterocycles. The predicted octanol–water partition coefficient (Wildman–Crippen LogP) is 3.12. The molecule has 0 amide bonds. The van der Waals surface area contributed by atoms with E-state index < -0.39 is 0 Å². The van der Waals surface area contributed by atoms with Crippen molar-refractivity contribution in [3.8, 4) is 0 Å². The zero-order valence-electron chi connectivity index (χ0n) is 10.1. The van der Waals surface area contributed by atoms with Crippen LogP contribution in [-0.4, -0.2) is 10.8 Å². The van der Waals surface area contributed by atoms with Gasteiger partial charge in [0.05, 0.1) is 0 Å². The Balaban J connectivity index is 2.24. The number of benzene rings is 1. The van der Waals surface area contributed by atoms with Gasteiger partial charge in [0.25, 0.3) is 0 Å². The largest absolute Gasteiger partial charge is 0.294 e. The van der Waals surface area contributed by atoms with Crippen LogP contribution in [0.3, 0.4) is 0 Å². The molecule has 2 heteroatoms. The molecular weight excluding hydrogens is 210 g/mol. The molecule has 86 valence electrons. The van der Waals surface area contributed by atoms with E-state index in [-0.39, 0.29) is 5.78 Å². The quantitative estimate of drug-likeness (QED) is 0.751. The van der Waals surface area contributed by atoms with Crippen molar-refractivity contribution in [2.75, 3.05) is 0 Å². The third-order valence-electron chi connectivity index (χ3n) is 3.02. The summed E-state index contributed by atoms with van der Waals surface area (Å²) in [6.07, 6.45) is 3.87. The van der Waals surface area contributed by atoms with Gasteiger partial charge in [0, 0.05) is 24.4 Å². The molecule has 1 heterocycles. The van der Waals surface area contributed by atoms with Gasteiger partial charge in [0.2, 0.25) is 0 Å². The van der Waals surface area contributed by atoms with Crippen LogP contribution < -0.4 is 0 Å². The molecule has 0 saturated carbocycles. The first-order valence-corrected chi connectivity index (χ1v) is 5.67. The first-order chi connectivity index (χ1) is 8.18. The third-order valence-corrected chi connectivity index (χ3v) is 3.02. The van der Waals surface area contributed by atoms with E-state index in [1.807, 2.05) is 44.2 Å². The maximum absolute atomic E-state index is 12.2. The average Bonchev–Trinajstić information content (AvgIpc) is 2.34. The fourth-order valence-electron chi connectivity index (χ4n) is 1.83. The molecule has 17 heavy (non-hydrogen) atoms. The zero-order valence-corrected chi connectivity index (χ0v) is 10.1. The van der Waals surface area contributed by atoms with E-state index in [9.17, 15) is 4.79 Å². The van der Waals surface area contributed by atoms with E-state index in [0.717, 1.165) is 22.3 Å². The van der Waals surface area contributed by atoms with Crippen molar-refractivity contribution >= 4 is 5.78 Å². The molecule has 0 fully saturated rings. The molecule has 0 radical (unpaired) electrons. The molecule has 2 rings (SSSR count). The monoisotopic (exact) mass is 225 g/mol. The van der Waals surface area contributed by atoms with E-state index in [4.69, 9.17) is 0 Å². The standard InChI is InChI=1S/C15H15NO/c1-11-4-3-5-14(12(11)2)15(17)10-13-6-8-16-9-7-13/h3-9H,10H2,1-2H3. The lowest BCUT2D eigenvalue weighted by atomic mass is 9.97. The fraction of sp³-hybridized carbons (Fsp3) is 0.200. The van der Waals surface area contributed by atoms with Crippen LogP contribution in [0, 0.1) is 13.8 Å². The molecule has 0 aliphatic rings. The van der Waals surface area contributed by atoms with E-state index in [1.54, 1.807) is 12.4 Å². The summed E-state index contributed by atoms with van der Waals surface area (Å²) in [5, 5.41) is 0. The summed E-state index contributed by atoms with van der Waals surface area (Å²) in [5.41, 5.74) is 4.06. The molecule has 0 saturated heterocycles. The molecule has 0 unspecified atom stereocenters. The minimum atomic E-state index is 0.164. The van der Waals surface area contributed by atoms with Gasteiger partial charge in [-0.1, -0.05) is 18.2 Å². The molecule has 0 aliphatic carbocycles. The molecule has 0 bridgehead atoms. The summed E-state index contributed by atoms with van der Waals surface area (Å²) in [4.78, 5) is 16.1. The summed E-state index contributed by atoms with van der Waals surface area (Å²) in [6.45, 7) is 4.02. The minimum absolute atomic E-state index is 0.164. The average molecular weight is 225 g/mol. The van der Waals surface area contributed by atoms with Crippen LogP contribution in [-0.2, 0) is 6.42 Å². The van der Waals surface area contributed by atoms with Crippen LogP contribution in [0.2, 0.25) is 0 Å². The second-order valence-electron chi connectivity index (χ2n) is 4.20. The molecule has 0 atom stereocenters. The summed E-state index contributed by atoms with van der Waals surface area (Å²) >= 11 is 0. The van der Waals surface area contributed by atoms with Gasteiger partial charge in [0.1, 0.15) is 0 Å². The Labute approximate surface area is 101 Å². The highest BCUT2D eigenvalue weighted by atomic mass is 16.1. The van der Waals surface area contributed by atoms with Gasteiger partial charge in [-0.05, 0) is 42.7 Å². The number of carbonyl (C=O) groups is 1. The van der Waals surface area contributed by atoms with Gasteiger partial charge in [0.15, 0.2) is 5.78 Å². The van der Waals surface area contributed by atoms with Gasteiger partial charge in [-0.25, -0.2) is 0 Å². The molecule has 2 nitrogen and oxygen atoms in total. The number of rotatable bonds is 3. The Morgan fingerprint density at radius 3 is 2.53 bits per heavy atom. The van der Waals surface area contributed by atoms with E-state index >= 15 is 0 Å². The number of hydrogen-bond acceptors (Lipinski definition) is 2. The van der Waals surface area contributed by atoms with Crippen LogP contribution in [0.1, 0.15) is 27.0 Å². The number of nitrogens with zero attached hydrogens (tertiary/aromatic N) is 1. The van der Waals surface area contributed by atoms with Gasteiger partial charge in [-0.2, -0.15) is 0 Å². The van der Waals surface area contributed by atoms with Crippen molar-refractivity contribution in [3.05, 3.63) is 65.0 Å². The highest BCUT2D eigenvalue weighted by molar-refractivity contribution is 5.99. The lowest BCUT2D eigenvalue weighted by Gasteiger charge is -2.07. The number of pyridine rings is 1. The van der Waals surface area contributed by atoms with Crippen molar-refractivity contribution < 1.29 is 4.79 Å². The Hall–Kier alpha value is -1.96.